The highest BCUT2D eigenvalue weighted by atomic mass is 32.1. The maximum atomic E-state index is 4.27. The second-order valence-electron chi connectivity index (χ2n) is 5.08. The summed E-state index contributed by atoms with van der Waals surface area (Å²) in [5.41, 5.74) is 2.22. The fraction of sp³-hybridized carbons (Fsp3) is 0.500. The standard InChI is InChI=1S/C14H18N4S/c1-10-7-11(9-15-8-10)14-18-17-13(19-14)3-2-6-16-12-4-5-12/h7-9,12,16H,2-6H2,1H3. The summed E-state index contributed by atoms with van der Waals surface area (Å²) >= 11 is 1.68. The molecule has 0 atom stereocenters. The van der Waals surface area contributed by atoms with Crippen LogP contribution in [0.5, 0.6) is 0 Å². The average molecular weight is 274 g/mol. The Kier molecular flexibility index (Phi) is 3.84. The highest BCUT2D eigenvalue weighted by Crippen LogP contribution is 2.24. The first-order chi connectivity index (χ1) is 9.31. The Morgan fingerprint density at radius 1 is 1.32 bits per heavy atom. The van der Waals surface area contributed by atoms with Crippen molar-refractivity contribution in [2.24, 2.45) is 0 Å². The van der Waals surface area contributed by atoms with Gasteiger partial charge >= 0.3 is 0 Å². The van der Waals surface area contributed by atoms with Crippen LogP contribution in [0.25, 0.3) is 10.6 Å². The van der Waals surface area contributed by atoms with Crippen LogP contribution in [0.15, 0.2) is 18.5 Å². The van der Waals surface area contributed by atoms with Gasteiger partial charge in [0.2, 0.25) is 0 Å². The molecule has 2 heterocycles. The topological polar surface area (TPSA) is 50.7 Å². The van der Waals surface area contributed by atoms with Crippen molar-refractivity contribution >= 4 is 11.3 Å². The van der Waals surface area contributed by atoms with Crippen LogP contribution in [0.2, 0.25) is 0 Å². The van der Waals surface area contributed by atoms with Gasteiger partial charge in [0.25, 0.3) is 0 Å². The molecule has 0 radical (unpaired) electrons. The summed E-state index contributed by atoms with van der Waals surface area (Å²) in [5.74, 6) is 0. The Bertz CT molecular complexity index is 548. The van der Waals surface area contributed by atoms with Crippen molar-refractivity contribution in [3.8, 4) is 10.6 Å². The van der Waals surface area contributed by atoms with Gasteiger partial charge in [-0.05, 0) is 44.4 Å². The van der Waals surface area contributed by atoms with Gasteiger partial charge in [-0.15, -0.1) is 10.2 Å². The molecule has 0 saturated heterocycles. The van der Waals surface area contributed by atoms with Crippen LogP contribution in [-0.2, 0) is 6.42 Å². The second kappa shape index (κ2) is 5.75. The Morgan fingerprint density at radius 3 is 3.00 bits per heavy atom. The summed E-state index contributed by atoms with van der Waals surface area (Å²) in [6.07, 6.45) is 8.56. The van der Waals surface area contributed by atoms with E-state index in [9.17, 15) is 0 Å². The normalized spacial score (nSPS) is 14.8. The number of nitrogens with zero attached hydrogens (tertiary/aromatic N) is 3. The zero-order chi connectivity index (χ0) is 13.1. The first kappa shape index (κ1) is 12.7. The molecule has 2 aromatic rings. The van der Waals surface area contributed by atoms with Crippen molar-refractivity contribution in [2.75, 3.05) is 6.54 Å². The molecule has 0 aliphatic heterocycles. The van der Waals surface area contributed by atoms with Gasteiger partial charge in [-0.3, -0.25) is 4.98 Å². The molecule has 0 bridgehead atoms. The number of rotatable bonds is 6. The van der Waals surface area contributed by atoms with E-state index in [1.54, 1.807) is 11.3 Å². The van der Waals surface area contributed by atoms with Gasteiger partial charge in [0.05, 0.1) is 0 Å². The lowest BCUT2D eigenvalue weighted by Gasteiger charge is -1.99. The van der Waals surface area contributed by atoms with Gasteiger partial charge in [0.1, 0.15) is 10.0 Å². The number of nitrogens with one attached hydrogen (secondary N) is 1. The van der Waals surface area contributed by atoms with E-state index in [0.717, 1.165) is 46.6 Å². The third-order valence-electron chi connectivity index (χ3n) is 3.17. The first-order valence-electron chi connectivity index (χ1n) is 6.79. The number of hydrogen-bond acceptors (Lipinski definition) is 5. The minimum absolute atomic E-state index is 0.795. The summed E-state index contributed by atoms with van der Waals surface area (Å²) < 4.78 is 0. The van der Waals surface area contributed by atoms with Crippen molar-refractivity contribution in [3.63, 3.8) is 0 Å². The lowest BCUT2D eigenvalue weighted by atomic mass is 10.2. The molecule has 1 aliphatic carbocycles. The molecule has 2 aromatic heterocycles. The highest BCUT2D eigenvalue weighted by molar-refractivity contribution is 7.14. The predicted octanol–water partition coefficient (Wildman–Crippen LogP) is 2.59. The lowest BCUT2D eigenvalue weighted by Crippen LogP contribution is -2.17. The van der Waals surface area contributed by atoms with E-state index in [4.69, 9.17) is 0 Å². The third kappa shape index (κ3) is 3.58. The van der Waals surface area contributed by atoms with Crippen molar-refractivity contribution in [1.29, 1.82) is 0 Å². The van der Waals surface area contributed by atoms with E-state index in [1.165, 1.54) is 12.8 Å². The van der Waals surface area contributed by atoms with Crippen LogP contribution in [-0.4, -0.2) is 27.8 Å². The molecule has 4 nitrogen and oxygen atoms in total. The number of aromatic nitrogens is 3. The van der Waals surface area contributed by atoms with E-state index < -0.39 is 0 Å². The molecule has 100 valence electrons. The van der Waals surface area contributed by atoms with E-state index in [0.29, 0.717) is 0 Å². The molecule has 1 saturated carbocycles. The van der Waals surface area contributed by atoms with Gasteiger partial charge in [-0.1, -0.05) is 11.3 Å². The summed E-state index contributed by atoms with van der Waals surface area (Å²) in [6.45, 7) is 3.13. The summed E-state index contributed by atoms with van der Waals surface area (Å²) in [4.78, 5) is 4.20. The first-order valence-corrected chi connectivity index (χ1v) is 7.61. The van der Waals surface area contributed by atoms with E-state index in [-0.39, 0.29) is 0 Å². The quantitative estimate of drug-likeness (QED) is 0.823. The van der Waals surface area contributed by atoms with Crippen molar-refractivity contribution in [3.05, 3.63) is 29.0 Å². The summed E-state index contributed by atoms with van der Waals surface area (Å²) in [7, 11) is 0. The zero-order valence-electron chi connectivity index (χ0n) is 11.1. The summed E-state index contributed by atoms with van der Waals surface area (Å²) in [6, 6.07) is 2.90. The van der Waals surface area contributed by atoms with Gasteiger partial charge in [-0.2, -0.15) is 0 Å². The van der Waals surface area contributed by atoms with Gasteiger partial charge < -0.3 is 5.32 Å². The molecule has 5 heteroatoms. The molecule has 0 amide bonds. The fourth-order valence-corrected chi connectivity index (χ4v) is 2.84. The Labute approximate surface area is 117 Å². The SMILES string of the molecule is Cc1cncc(-c2nnc(CCCNC3CC3)s2)c1. The molecule has 19 heavy (non-hydrogen) atoms. The molecule has 0 spiro atoms. The van der Waals surface area contributed by atoms with E-state index in [1.807, 2.05) is 19.3 Å². The summed E-state index contributed by atoms with van der Waals surface area (Å²) in [5, 5.41) is 14.1. The van der Waals surface area contributed by atoms with Gasteiger partial charge in [0, 0.05) is 30.4 Å². The maximum Gasteiger partial charge on any atom is 0.149 e. The van der Waals surface area contributed by atoms with Crippen LogP contribution in [0.4, 0.5) is 0 Å². The smallest absolute Gasteiger partial charge is 0.149 e. The molecule has 1 N–H and O–H groups in total. The van der Waals surface area contributed by atoms with Crippen molar-refractivity contribution < 1.29 is 0 Å². The van der Waals surface area contributed by atoms with Crippen LogP contribution in [0, 0.1) is 6.92 Å². The van der Waals surface area contributed by atoms with Crippen LogP contribution >= 0.6 is 11.3 Å². The van der Waals surface area contributed by atoms with Crippen molar-refractivity contribution in [1.82, 2.24) is 20.5 Å². The minimum atomic E-state index is 0.795. The Hall–Kier alpha value is -1.33. The molecule has 3 rings (SSSR count). The molecular weight excluding hydrogens is 256 g/mol. The largest absolute Gasteiger partial charge is 0.314 e. The van der Waals surface area contributed by atoms with E-state index in [2.05, 4.69) is 26.6 Å². The molecular formula is C14H18N4S. The molecule has 0 aromatic carbocycles. The second-order valence-corrected chi connectivity index (χ2v) is 6.15. The number of hydrogen-bond donors (Lipinski definition) is 1. The number of pyridine rings is 1. The minimum Gasteiger partial charge on any atom is -0.314 e. The molecule has 1 aliphatic rings. The predicted molar refractivity (Wildman–Crippen MR) is 77.2 cm³/mol. The third-order valence-corrected chi connectivity index (χ3v) is 4.20. The van der Waals surface area contributed by atoms with Crippen LogP contribution < -0.4 is 5.32 Å². The maximum absolute atomic E-state index is 4.27. The lowest BCUT2D eigenvalue weighted by molar-refractivity contribution is 0.643. The highest BCUT2D eigenvalue weighted by Gasteiger charge is 2.19. The fourth-order valence-electron chi connectivity index (χ4n) is 1.98. The van der Waals surface area contributed by atoms with E-state index >= 15 is 0 Å². The van der Waals surface area contributed by atoms with Gasteiger partial charge in [-0.25, -0.2) is 0 Å². The molecule has 0 unspecified atom stereocenters. The number of aryl methyl sites for hydroxylation is 2. The van der Waals surface area contributed by atoms with Crippen LogP contribution in [0.3, 0.4) is 0 Å². The van der Waals surface area contributed by atoms with Crippen LogP contribution in [0.1, 0.15) is 29.8 Å². The zero-order valence-corrected chi connectivity index (χ0v) is 11.9. The Morgan fingerprint density at radius 2 is 2.21 bits per heavy atom. The average Bonchev–Trinajstić information content (AvgIpc) is 3.11. The van der Waals surface area contributed by atoms with Crippen molar-refractivity contribution in [2.45, 2.75) is 38.6 Å². The monoisotopic (exact) mass is 274 g/mol. The molecule has 1 fully saturated rings. The van der Waals surface area contributed by atoms with Gasteiger partial charge in [0.15, 0.2) is 0 Å². The Balaban J connectivity index is 1.56.